The molecule has 1 aliphatic heterocycles. The minimum atomic E-state index is -0.852. The highest BCUT2D eigenvalue weighted by Gasteiger charge is 2.36. The highest BCUT2D eigenvalue weighted by molar-refractivity contribution is 5.97. The normalized spacial score (nSPS) is 20.8. The number of aliphatic hydroxyl groups is 1. The first-order chi connectivity index (χ1) is 16.5. The summed E-state index contributed by atoms with van der Waals surface area (Å²) in [5.74, 6) is 0.991. The van der Waals surface area contributed by atoms with Gasteiger partial charge in [0.2, 0.25) is 0 Å². The van der Waals surface area contributed by atoms with Crippen LogP contribution in [0.15, 0.2) is 60.9 Å². The molecule has 2 unspecified atom stereocenters. The maximum Gasteiger partial charge on any atom is 0.256 e. The molecule has 7 nitrogen and oxygen atoms in total. The van der Waals surface area contributed by atoms with Crippen LogP contribution >= 0.6 is 0 Å². The summed E-state index contributed by atoms with van der Waals surface area (Å²) in [6, 6.07) is 15.3. The summed E-state index contributed by atoms with van der Waals surface area (Å²) in [5, 5.41) is 19.6. The summed E-state index contributed by atoms with van der Waals surface area (Å²) >= 11 is 0. The first kappa shape index (κ1) is 22.6. The molecule has 2 aromatic carbocycles. The van der Waals surface area contributed by atoms with Crippen molar-refractivity contribution >= 4 is 5.91 Å². The largest absolute Gasteiger partial charge is 0.489 e. The van der Waals surface area contributed by atoms with Gasteiger partial charge in [0.1, 0.15) is 11.9 Å². The van der Waals surface area contributed by atoms with Crippen molar-refractivity contribution in [1.82, 2.24) is 19.9 Å². The summed E-state index contributed by atoms with van der Waals surface area (Å²) in [6.45, 7) is 3.13. The zero-order chi connectivity index (χ0) is 23.5. The number of benzene rings is 2. The molecule has 178 valence electrons. The lowest BCUT2D eigenvalue weighted by atomic mass is 9.82. The van der Waals surface area contributed by atoms with E-state index in [1.165, 1.54) is 17.6 Å². The molecule has 0 radical (unpaired) electrons. The number of ether oxygens (including phenoxy) is 1. The molecule has 1 aliphatic carbocycles. The predicted molar refractivity (Wildman–Crippen MR) is 129 cm³/mol. The maximum absolute atomic E-state index is 13.4. The van der Waals surface area contributed by atoms with Crippen molar-refractivity contribution in [1.29, 1.82) is 0 Å². The van der Waals surface area contributed by atoms with E-state index in [0.717, 1.165) is 37.0 Å². The molecule has 2 aliphatic rings. The van der Waals surface area contributed by atoms with Crippen molar-refractivity contribution in [2.75, 3.05) is 13.1 Å². The molecule has 2 atom stereocenters. The third-order valence-electron chi connectivity index (χ3n) is 7.31. The van der Waals surface area contributed by atoms with Crippen molar-refractivity contribution in [3.05, 3.63) is 72.1 Å². The number of carbonyl (C=O) groups is 1. The Bertz CT molecular complexity index is 1120. The Labute approximate surface area is 200 Å². The fraction of sp³-hybridized carbons (Fsp3) is 0.444. The number of nitrogens with zero attached hydrogens (tertiary/aromatic N) is 4. The molecule has 34 heavy (non-hydrogen) atoms. The second-order valence-corrected chi connectivity index (χ2v) is 9.63. The molecule has 0 spiro atoms. The Kier molecular flexibility index (Phi) is 6.37. The van der Waals surface area contributed by atoms with E-state index < -0.39 is 5.60 Å². The monoisotopic (exact) mass is 460 g/mol. The van der Waals surface area contributed by atoms with Crippen molar-refractivity contribution in [3.8, 4) is 11.4 Å². The molecule has 5 rings (SSSR count). The molecule has 1 N–H and O–H groups in total. The molecule has 1 aromatic heterocycles. The maximum atomic E-state index is 13.4. The zero-order valence-corrected chi connectivity index (χ0v) is 19.6. The number of rotatable bonds is 6. The standard InChI is InChI=1S/C27H32N4O3/c1-27(33,20-8-2-3-9-20)21-10-6-11-22(18-21)34-23-12-7-17-30(19-23)26(32)24-13-4-5-14-25(24)31-28-15-16-29-31/h4-6,10-11,13-16,18,20,23,33H,2-3,7-9,12,17,19H2,1H3. The van der Waals surface area contributed by atoms with Crippen molar-refractivity contribution < 1.29 is 14.6 Å². The fourth-order valence-corrected chi connectivity index (χ4v) is 5.36. The van der Waals surface area contributed by atoms with Gasteiger partial charge in [-0.05, 0) is 68.4 Å². The van der Waals surface area contributed by atoms with Gasteiger partial charge in [-0.2, -0.15) is 15.0 Å². The lowest BCUT2D eigenvalue weighted by Gasteiger charge is -2.34. The van der Waals surface area contributed by atoms with E-state index in [1.54, 1.807) is 12.4 Å². The van der Waals surface area contributed by atoms with Gasteiger partial charge in [-0.1, -0.05) is 37.1 Å². The van der Waals surface area contributed by atoms with E-state index in [2.05, 4.69) is 10.2 Å². The molecular weight excluding hydrogens is 428 g/mol. The van der Waals surface area contributed by atoms with Crippen LogP contribution in [0.2, 0.25) is 0 Å². The SMILES string of the molecule is CC(O)(c1cccc(OC2CCCN(C(=O)c3ccccc3-n3nccn3)C2)c1)C1CCCC1. The van der Waals surface area contributed by atoms with Crippen LogP contribution in [0.3, 0.4) is 0 Å². The van der Waals surface area contributed by atoms with Crippen LogP contribution < -0.4 is 4.74 Å². The van der Waals surface area contributed by atoms with Gasteiger partial charge in [-0.25, -0.2) is 0 Å². The number of hydrogen-bond donors (Lipinski definition) is 1. The fourth-order valence-electron chi connectivity index (χ4n) is 5.36. The molecular formula is C27H32N4O3. The topological polar surface area (TPSA) is 80.5 Å². The molecule has 2 heterocycles. The zero-order valence-electron chi connectivity index (χ0n) is 19.6. The number of aromatic nitrogens is 3. The van der Waals surface area contributed by atoms with Gasteiger partial charge >= 0.3 is 0 Å². The van der Waals surface area contributed by atoms with Crippen molar-refractivity contribution in [3.63, 3.8) is 0 Å². The first-order valence-electron chi connectivity index (χ1n) is 12.3. The van der Waals surface area contributed by atoms with Crippen LogP contribution in [0.5, 0.6) is 5.75 Å². The van der Waals surface area contributed by atoms with Gasteiger partial charge in [0.25, 0.3) is 5.91 Å². The van der Waals surface area contributed by atoms with Crippen LogP contribution in [0.4, 0.5) is 0 Å². The summed E-state index contributed by atoms with van der Waals surface area (Å²) in [5.41, 5.74) is 1.30. The number of likely N-dealkylation sites (tertiary alicyclic amines) is 1. The Morgan fingerprint density at radius 2 is 1.79 bits per heavy atom. The second-order valence-electron chi connectivity index (χ2n) is 9.63. The Morgan fingerprint density at radius 3 is 2.59 bits per heavy atom. The lowest BCUT2D eigenvalue weighted by Crippen LogP contribution is -2.44. The minimum Gasteiger partial charge on any atom is -0.489 e. The molecule has 2 fully saturated rings. The average Bonchev–Trinajstić information content (AvgIpc) is 3.59. The third-order valence-corrected chi connectivity index (χ3v) is 7.31. The van der Waals surface area contributed by atoms with Crippen molar-refractivity contribution in [2.24, 2.45) is 5.92 Å². The van der Waals surface area contributed by atoms with Gasteiger partial charge in [0.15, 0.2) is 0 Å². The molecule has 1 saturated carbocycles. The van der Waals surface area contributed by atoms with E-state index in [4.69, 9.17) is 4.74 Å². The van der Waals surface area contributed by atoms with E-state index in [9.17, 15) is 9.90 Å². The van der Waals surface area contributed by atoms with E-state index in [1.807, 2.05) is 60.4 Å². The van der Waals surface area contributed by atoms with Gasteiger partial charge in [-0.3, -0.25) is 4.79 Å². The van der Waals surface area contributed by atoms with Gasteiger partial charge in [-0.15, -0.1) is 0 Å². The quantitative estimate of drug-likeness (QED) is 0.592. The van der Waals surface area contributed by atoms with E-state index in [0.29, 0.717) is 24.3 Å². The first-order valence-corrected chi connectivity index (χ1v) is 12.3. The number of amides is 1. The van der Waals surface area contributed by atoms with Crippen LogP contribution in [0.25, 0.3) is 5.69 Å². The summed E-state index contributed by atoms with van der Waals surface area (Å²) in [7, 11) is 0. The summed E-state index contributed by atoms with van der Waals surface area (Å²) in [4.78, 5) is 16.7. The molecule has 1 saturated heterocycles. The Hall–Kier alpha value is -3.19. The Morgan fingerprint density at radius 1 is 1.03 bits per heavy atom. The number of hydrogen-bond acceptors (Lipinski definition) is 5. The van der Waals surface area contributed by atoms with Crippen LogP contribution in [-0.4, -0.2) is 50.1 Å². The van der Waals surface area contributed by atoms with Gasteiger partial charge in [0.05, 0.1) is 35.8 Å². The summed E-state index contributed by atoms with van der Waals surface area (Å²) < 4.78 is 6.34. The highest BCUT2D eigenvalue weighted by Crippen LogP contribution is 2.41. The van der Waals surface area contributed by atoms with E-state index >= 15 is 0 Å². The number of para-hydroxylation sites is 1. The second kappa shape index (κ2) is 9.58. The number of piperidine rings is 1. The van der Waals surface area contributed by atoms with Gasteiger partial charge in [0, 0.05) is 6.54 Å². The smallest absolute Gasteiger partial charge is 0.256 e. The molecule has 1 amide bonds. The third kappa shape index (κ3) is 4.57. The lowest BCUT2D eigenvalue weighted by molar-refractivity contribution is -0.00371. The molecule has 7 heteroatoms. The number of carbonyl (C=O) groups excluding carboxylic acids is 1. The Balaban J connectivity index is 1.29. The van der Waals surface area contributed by atoms with Crippen LogP contribution in [-0.2, 0) is 5.60 Å². The average molecular weight is 461 g/mol. The van der Waals surface area contributed by atoms with E-state index in [-0.39, 0.29) is 17.9 Å². The molecule has 3 aromatic rings. The van der Waals surface area contributed by atoms with Crippen molar-refractivity contribution in [2.45, 2.75) is 57.2 Å². The predicted octanol–water partition coefficient (Wildman–Crippen LogP) is 4.35. The van der Waals surface area contributed by atoms with Gasteiger partial charge < -0.3 is 14.7 Å². The minimum absolute atomic E-state index is 0.0425. The van der Waals surface area contributed by atoms with Crippen LogP contribution in [0, 0.1) is 5.92 Å². The highest BCUT2D eigenvalue weighted by atomic mass is 16.5. The van der Waals surface area contributed by atoms with Crippen LogP contribution in [0.1, 0.15) is 61.4 Å². The molecule has 0 bridgehead atoms. The summed E-state index contributed by atoms with van der Waals surface area (Å²) in [6.07, 6.45) is 9.35.